The second-order valence-corrected chi connectivity index (χ2v) is 5.69. The van der Waals surface area contributed by atoms with Gasteiger partial charge in [-0.25, -0.2) is 0 Å². The van der Waals surface area contributed by atoms with Gasteiger partial charge in [0.25, 0.3) is 5.91 Å². The molecule has 5 heteroatoms. The zero-order valence-electron chi connectivity index (χ0n) is 11.1. The Morgan fingerprint density at radius 1 is 1.42 bits per heavy atom. The highest BCUT2D eigenvalue weighted by Crippen LogP contribution is 2.25. The predicted molar refractivity (Wildman–Crippen MR) is 81.6 cm³/mol. The normalized spacial score (nSPS) is 12.5. The number of nitrogens with one attached hydrogen (secondary N) is 1. The Morgan fingerprint density at radius 2 is 2.05 bits per heavy atom. The van der Waals surface area contributed by atoms with Crippen molar-refractivity contribution in [1.29, 1.82) is 0 Å². The van der Waals surface area contributed by atoms with Gasteiger partial charge in [-0.05, 0) is 34.0 Å². The highest BCUT2D eigenvalue weighted by atomic mass is 79.9. The second-order valence-electron chi connectivity index (χ2n) is 4.46. The third-order valence-electron chi connectivity index (χ3n) is 3.26. The number of benzene rings is 1. The Labute approximate surface area is 127 Å². The van der Waals surface area contributed by atoms with Gasteiger partial charge in [0.1, 0.15) is 0 Å². The number of hydrogen-bond acceptors (Lipinski definition) is 2. The number of aliphatic hydroxyl groups excluding tert-OH is 1. The maximum atomic E-state index is 12.0. The van der Waals surface area contributed by atoms with Crippen LogP contribution in [-0.2, 0) is 0 Å². The second kappa shape index (κ2) is 7.88. The molecule has 0 aliphatic carbocycles. The Hall–Kier alpha value is -0.580. The summed E-state index contributed by atoms with van der Waals surface area (Å²) >= 11 is 9.33. The first-order valence-electron chi connectivity index (χ1n) is 6.41. The summed E-state index contributed by atoms with van der Waals surface area (Å²) in [4.78, 5) is 12.0. The van der Waals surface area contributed by atoms with Gasteiger partial charge in [0.2, 0.25) is 0 Å². The van der Waals surface area contributed by atoms with Crippen LogP contribution in [0.2, 0.25) is 5.02 Å². The van der Waals surface area contributed by atoms with Crippen LogP contribution in [-0.4, -0.2) is 23.7 Å². The summed E-state index contributed by atoms with van der Waals surface area (Å²) in [6.07, 6.45) is 1.26. The number of amides is 1. The molecule has 0 spiro atoms. The van der Waals surface area contributed by atoms with Crippen LogP contribution in [0.1, 0.15) is 37.0 Å². The highest BCUT2D eigenvalue weighted by molar-refractivity contribution is 9.10. The van der Waals surface area contributed by atoms with Gasteiger partial charge in [-0.1, -0.05) is 44.4 Å². The average Bonchev–Trinajstić information content (AvgIpc) is 2.40. The van der Waals surface area contributed by atoms with Gasteiger partial charge in [-0.15, -0.1) is 0 Å². The van der Waals surface area contributed by atoms with E-state index >= 15 is 0 Å². The molecule has 0 aromatic heterocycles. The highest BCUT2D eigenvalue weighted by Gasteiger charge is 2.18. The first-order chi connectivity index (χ1) is 9.01. The van der Waals surface area contributed by atoms with Gasteiger partial charge in [0.15, 0.2) is 0 Å². The van der Waals surface area contributed by atoms with Crippen molar-refractivity contribution in [2.75, 3.05) is 6.54 Å². The van der Waals surface area contributed by atoms with E-state index in [1.807, 2.05) is 13.8 Å². The number of halogens is 2. The molecule has 0 saturated carbocycles. The summed E-state index contributed by atoms with van der Waals surface area (Å²) < 4.78 is 0.683. The van der Waals surface area contributed by atoms with E-state index in [1.165, 1.54) is 0 Å². The van der Waals surface area contributed by atoms with Crippen LogP contribution in [0, 0.1) is 5.92 Å². The molecule has 19 heavy (non-hydrogen) atoms. The molecule has 0 fully saturated rings. The van der Waals surface area contributed by atoms with Gasteiger partial charge in [0, 0.05) is 11.0 Å². The zero-order valence-corrected chi connectivity index (χ0v) is 13.5. The molecule has 0 aliphatic heterocycles. The molecule has 3 nitrogen and oxygen atoms in total. The summed E-state index contributed by atoms with van der Waals surface area (Å²) in [5.74, 6) is -0.0606. The number of aliphatic hydroxyl groups is 1. The smallest absolute Gasteiger partial charge is 0.252 e. The van der Waals surface area contributed by atoms with E-state index in [0.717, 1.165) is 12.8 Å². The summed E-state index contributed by atoms with van der Waals surface area (Å²) in [6, 6.07) is 5.19. The van der Waals surface area contributed by atoms with Gasteiger partial charge in [-0.2, -0.15) is 0 Å². The lowest BCUT2D eigenvalue weighted by Gasteiger charge is -2.20. The molecule has 0 bridgehead atoms. The van der Waals surface area contributed by atoms with Gasteiger partial charge >= 0.3 is 0 Å². The number of carbonyl (C=O) groups excluding carboxylic acids is 1. The maximum Gasteiger partial charge on any atom is 0.252 e. The van der Waals surface area contributed by atoms with E-state index in [2.05, 4.69) is 21.2 Å². The summed E-state index contributed by atoms with van der Waals surface area (Å²) in [5.41, 5.74) is 0.410. The fraction of sp³-hybridized carbons (Fsp3) is 0.500. The maximum absolute atomic E-state index is 12.0. The van der Waals surface area contributed by atoms with E-state index in [9.17, 15) is 9.90 Å². The van der Waals surface area contributed by atoms with Crippen LogP contribution in [0.25, 0.3) is 0 Å². The van der Waals surface area contributed by atoms with E-state index in [-0.39, 0.29) is 18.4 Å². The van der Waals surface area contributed by atoms with Crippen LogP contribution in [0.5, 0.6) is 0 Å². The first-order valence-corrected chi connectivity index (χ1v) is 7.58. The molecule has 0 aliphatic rings. The topological polar surface area (TPSA) is 49.3 Å². The summed E-state index contributed by atoms with van der Waals surface area (Å²) in [7, 11) is 0. The molecule has 2 N–H and O–H groups in total. The fourth-order valence-electron chi connectivity index (χ4n) is 1.97. The van der Waals surface area contributed by atoms with Crippen molar-refractivity contribution in [3.8, 4) is 0 Å². The number of rotatable bonds is 6. The largest absolute Gasteiger partial charge is 0.391 e. The van der Waals surface area contributed by atoms with Crippen molar-refractivity contribution in [3.05, 3.63) is 33.3 Å². The molecule has 0 saturated heterocycles. The van der Waals surface area contributed by atoms with E-state index in [4.69, 9.17) is 11.6 Å². The van der Waals surface area contributed by atoms with Crippen molar-refractivity contribution < 1.29 is 9.90 Å². The van der Waals surface area contributed by atoms with Gasteiger partial charge in [-0.3, -0.25) is 4.79 Å². The summed E-state index contributed by atoms with van der Waals surface area (Å²) in [6.45, 7) is 4.31. The standard InChI is InChI=1S/C14H19BrClNO2/c1-3-9(4-2)12(18)8-17-14(19)10-6-5-7-11(15)13(10)16/h5-7,9,12,18H,3-4,8H2,1-2H3,(H,17,19). The Morgan fingerprint density at radius 3 is 2.63 bits per heavy atom. The Bertz CT molecular complexity index is 435. The molecular weight excluding hydrogens is 330 g/mol. The molecular formula is C14H19BrClNO2. The molecule has 0 radical (unpaired) electrons. The zero-order chi connectivity index (χ0) is 14.4. The predicted octanol–water partition coefficient (Wildman–Crippen LogP) is 3.63. The molecule has 106 valence electrons. The lowest BCUT2D eigenvalue weighted by atomic mass is 9.96. The van der Waals surface area contributed by atoms with Crippen LogP contribution < -0.4 is 5.32 Å². The van der Waals surface area contributed by atoms with Crippen LogP contribution in [0.15, 0.2) is 22.7 Å². The van der Waals surface area contributed by atoms with Crippen LogP contribution in [0.4, 0.5) is 0 Å². The van der Waals surface area contributed by atoms with Crippen molar-refractivity contribution >= 4 is 33.4 Å². The number of carbonyl (C=O) groups is 1. The van der Waals surface area contributed by atoms with Crippen molar-refractivity contribution in [1.82, 2.24) is 5.32 Å². The molecule has 1 aromatic rings. The minimum Gasteiger partial charge on any atom is -0.391 e. The van der Waals surface area contributed by atoms with E-state index in [0.29, 0.717) is 15.1 Å². The SMILES string of the molecule is CCC(CC)C(O)CNC(=O)c1cccc(Br)c1Cl. The van der Waals surface area contributed by atoms with Gasteiger partial charge in [0.05, 0.1) is 16.7 Å². The summed E-state index contributed by atoms with van der Waals surface area (Å²) in [5, 5.41) is 13.1. The number of hydrogen-bond donors (Lipinski definition) is 2. The van der Waals surface area contributed by atoms with Crippen LogP contribution in [0.3, 0.4) is 0 Å². The van der Waals surface area contributed by atoms with Crippen LogP contribution >= 0.6 is 27.5 Å². The van der Waals surface area contributed by atoms with Crippen molar-refractivity contribution in [2.24, 2.45) is 5.92 Å². The molecule has 1 amide bonds. The Balaban J connectivity index is 2.63. The monoisotopic (exact) mass is 347 g/mol. The molecule has 1 rings (SSSR count). The van der Waals surface area contributed by atoms with Crippen molar-refractivity contribution in [3.63, 3.8) is 0 Å². The molecule has 1 aromatic carbocycles. The molecule has 1 unspecified atom stereocenters. The third kappa shape index (κ3) is 4.48. The minimum atomic E-state index is -0.523. The fourth-order valence-corrected chi connectivity index (χ4v) is 2.55. The van der Waals surface area contributed by atoms with Crippen molar-refractivity contribution in [2.45, 2.75) is 32.8 Å². The third-order valence-corrected chi connectivity index (χ3v) is 4.56. The Kier molecular flexibility index (Phi) is 6.83. The van der Waals surface area contributed by atoms with E-state index in [1.54, 1.807) is 18.2 Å². The minimum absolute atomic E-state index is 0.207. The van der Waals surface area contributed by atoms with E-state index < -0.39 is 6.10 Å². The molecule has 0 heterocycles. The average molecular weight is 349 g/mol. The van der Waals surface area contributed by atoms with Gasteiger partial charge < -0.3 is 10.4 Å². The lowest BCUT2D eigenvalue weighted by molar-refractivity contribution is 0.0816. The molecule has 1 atom stereocenters. The lowest BCUT2D eigenvalue weighted by Crippen LogP contribution is -2.36. The quantitative estimate of drug-likeness (QED) is 0.825. The first kappa shape index (κ1) is 16.5.